The van der Waals surface area contributed by atoms with Gasteiger partial charge in [0.05, 0.1) is 46.9 Å². The van der Waals surface area contributed by atoms with Gasteiger partial charge in [-0.1, -0.05) is 18.2 Å². The Balaban J connectivity index is 1.69. The Morgan fingerprint density at radius 3 is 2.72 bits per heavy atom. The average molecular weight is 461 g/mol. The van der Waals surface area contributed by atoms with E-state index in [1.807, 2.05) is 4.40 Å². The summed E-state index contributed by atoms with van der Waals surface area (Å²) in [6.45, 7) is -0.307. The van der Waals surface area contributed by atoms with Crippen LogP contribution >= 0.6 is 11.3 Å². The summed E-state index contributed by atoms with van der Waals surface area (Å²) in [4.78, 5) is 17.2. The maximum absolute atomic E-state index is 13.3. The van der Waals surface area contributed by atoms with Gasteiger partial charge in [0, 0.05) is 11.6 Å². The van der Waals surface area contributed by atoms with Crippen molar-refractivity contribution in [1.82, 2.24) is 9.38 Å². The molecule has 0 unspecified atom stereocenters. The molecular formula is C22H18F3N3O3S. The van der Waals surface area contributed by atoms with Crippen LogP contribution in [0.15, 0.2) is 54.9 Å². The van der Waals surface area contributed by atoms with Gasteiger partial charge in [-0.15, -0.1) is 11.3 Å². The van der Waals surface area contributed by atoms with E-state index in [9.17, 15) is 18.0 Å². The number of carbonyl (C=O) groups is 1. The van der Waals surface area contributed by atoms with E-state index in [0.29, 0.717) is 22.0 Å². The molecule has 6 nitrogen and oxygen atoms in total. The number of hydrogen-bond donors (Lipinski definition) is 1. The molecule has 0 aliphatic heterocycles. The highest BCUT2D eigenvalue weighted by molar-refractivity contribution is 7.15. The Labute approximate surface area is 185 Å². The maximum atomic E-state index is 13.3. The zero-order valence-electron chi connectivity index (χ0n) is 16.8. The third-order valence-electron chi connectivity index (χ3n) is 4.78. The summed E-state index contributed by atoms with van der Waals surface area (Å²) in [5, 5.41) is 0. The number of benzene rings is 1. The monoisotopic (exact) mass is 461 g/mol. The number of carbonyl (C=O) groups excluding carboxylic acids is 1. The molecule has 3 aromatic heterocycles. The second kappa shape index (κ2) is 8.54. The molecule has 0 aliphatic rings. The van der Waals surface area contributed by atoms with Gasteiger partial charge in [0.15, 0.2) is 0 Å². The van der Waals surface area contributed by atoms with Crippen LogP contribution in [0, 0.1) is 0 Å². The van der Waals surface area contributed by atoms with Crippen LogP contribution in [-0.4, -0.2) is 22.4 Å². The molecule has 10 heteroatoms. The van der Waals surface area contributed by atoms with Crippen molar-refractivity contribution in [3.63, 3.8) is 0 Å². The number of nitrogens with zero attached hydrogens (tertiary/aromatic N) is 2. The molecule has 0 atom stereocenters. The standard InChI is InChI=1S/C22H18F3N3O3S/c1-30-14-6-7-21-27-10-16(28(21)11-14)18-8-17(19(32-18)9-20(26)29)31-12-13-4-2-3-5-15(13)22(23,24)25/h2-8,10-11H,9,12H2,1H3,(H2,26,29). The van der Waals surface area contributed by atoms with Crippen molar-refractivity contribution in [3.8, 4) is 22.1 Å². The lowest BCUT2D eigenvalue weighted by molar-refractivity contribution is -0.138. The van der Waals surface area contributed by atoms with E-state index < -0.39 is 17.6 Å². The summed E-state index contributed by atoms with van der Waals surface area (Å²) in [7, 11) is 1.55. The molecule has 1 aromatic carbocycles. The number of primary amides is 1. The minimum Gasteiger partial charge on any atom is -0.495 e. The van der Waals surface area contributed by atoms with Gasteiger partial charge in [-0.3, -0.25) is 9.20 Å². The summed E-state index contributed by atoms with van der Waals surface area (Å²) in [6.07, 6.45) is -1.16. The third-order valence-corrected chi connectivity index (χ3v) is 5.92. The van der Waals surface area contributed by atoms with Gasteiger partial charge in [0.25, 0.3) is 0 Å². The van der Waals surface area contributed by atoms with Crippen LogP contribution in [0.2, 0.25) is 0 Å². The molecule has 2 N–H and O–H groups in total. The van der Waals surface area contributed by atoms with Crippen molar-refractivity contribution in [1.29, 1.82) is 0 Å². The lowest BCUT2D eigenvalue weighted by Gasteiger charge is -2.13. The van der Waals surface area contributed by atoms with Gasteiger partial charge in [-0.2, -0.15) is 13.2 Å². The molecule has 1 amide bonds. The Morgan fingerprint density at radius 2 is 2.00 bits per heavy atom. The van der Waals surface area contributed by atoms with E-state index in [1.54, 1.807) is 37.7 Å². The zero-order chi connectivity index (χ0) is 22.9. The molecule has 4 rings (SSSR count). The lowest BCUT2D eigenvalue weighted by Crippen LogP contribution is -2.14. The van der Waals surface area contributed by atoms with Crippen LogP contribution in [0.1, 0.15) is 16.0 Å². The number of rotatable bonds is 7. The summed E-state index contributed by atoms with van der Waals surface area (Å²) in [6, 6.07) is 10.5. The fourth-order valence-electron chi connectivity index (χ4n) is 3.28. The third kappa shape index (κ3) is 4.40. The summed E-state index contributed by atoms with van der Waals surface area (Å²) in [5.74, 6) is 0.364. The zero-order valence-corrected chi connectivity index (χ0v) is 17.7. The average Bonchev–Trinajstić information content (AvgIpc) is 3.34. The lowest BCUT2D eigenvalue weighted by atomic mass is 10.1. The molecule has 0 bridgehead atoms. The molecule has 0 fully saturated rings. The maximum Gasteiger partial charge on any atom is 0.416 e. The normalized spacial score (nSPS) is 11.6. The molecule has 0 saturated heterocycles. The van der Waals surface area contributed by atoms with Crippen molar-refractivity contribution >= 4 is 22.9 Å². The Morgan fingerprint density at radius 1 is 1.22 bits per heavy atom. The van der Waals surface area contributed by atoms with Crippen LogP contribution in [0.4, 0.5) is 13.2 Å². The molecule has 0 radical (unpaired) electrons. The number of aromatic nitrogens is 2. The van der Waals surface area contributed by atoms with Crippen molar-refractivity contribution in [2.45, 2.75) is 19.2 Å². The van der Waals surface area contributed by atoms with Gasteiger partial charge in [0.1, 0.15) is 23.8 Å². The van der Waals surface area contributed by atoms with Crippen molar-refractivity contribution in [3.05, 3.63) is 70.9 Å². The van der Waals surface area contributed by atoms with E-state index in [1.165, 1.54) is 29.5 Å². The number of alkyl halides is 3. The highest BCUT2D eigenvalue weighted by Gasteiger charge is 2.33. The molecule has 0 spiro atoms. The molecule has 32 heavy (non-hydrogen) atoms. The van der Waals surface area contributed by atoms with Gasteiger partial charge in [-0.05, 0) is 18.2 Å². The fourth-order valence-corrected chi connectivity index (χ4v) is 4.40. The van der Waals surface area contributed by atoms with E-state index in [0.717, 1.165) is 16.6 Å². The van der Waals surface area contributed by atoms with Crippen LogP contribution in [-0.2, 0) is 24.0 Å². The minimum atomic E-state index is -4.49. The minimum absolute atomic E-state index is 0.00249. The summed E-state index contributed by atoms with van der Waals surface area (Å²) < 4.78 is 52.7. The first-order valence-corrected chi connectivity index (χ1v) is 10.3. The van der Waals surface area contributed by atoms with Crippen molar-refractivity contribution in [2.24, 2.45) is 5.73 Å². The predicted octanol–water partition coefficient (Wildman–Crippen LogP) is 4.70. The first-order chi connectivity index (χ1) is 15.3. The Kier molecular flexibility index (Phi) is 5.79. The number of halogens is 3. The van der Waals surface area contributed by atoms with Crippen molar-refractivity contribution < 1.29 is 27.4 Å². The van der Waals surface area contributed by atoms with E-state index in [4.69, 9.17) is 15.2 Å². The highest BCUT2D eigenvalue weighted by Crippen LogP contribution is 2.38. The molecule has 0 saturated carbocycles. The van der Waals surface area contributed by atoms with Gasteiger partial charge in [-0.25, -0.2) is 4.98 Å². The van der Waals surface area contributed by atoms with E-state index in [2.05, 4.69) is 4.98 Å². The molecule has 4 aromatic rings. The first kappa shape index (κ1) is 21.7. The number of ether oxygens (including phenoxy) is 2. The number of hydrogen-bond acceptors (Lipinski definition) is 5. The van der Waals surface area contributed by atoms with Crippen LogP contribution < -0.4 is 15.2 Å². The predicted molar refractivity (Wildman–Crippen MR) is 114 cm³/mol. The van der Waals surface area contributed by atoms with E-state index in [-0.39, 0.29) is 18.6 Å². The van der Waals surface area contributed by atoms with Crippen molar-refractivity contribution in [2.75, 3.05) is 7.11 Å². The number of thiophene rings is 1. The largest absolute Gasteiger partial charge is 0.495 e. The molecule has 166 valence electrons. The van der Waals surface area contributed by atoms with Gasteiger partial charge in [0.2, 0.25) is 5.91 Å². The smallest absolute Gasteiger partial charge is 0.416 e. The molecule has 0 aliphatic carbocycles. The first-order valence-electron chi connectivity index (χ1n) is 9.46. The number of pyridine rings is 1. The summed E-state index contributed by atoms with van der Waals surface area (Å²) in [5.41, 5.74) is 6.01. The number of fused-ring (bicyclic) bond motifs is 1. The fraction of sp³-hybridized carbons (Fsp3) is 0.182. The molecular weight excluding hydrogens is 443 g/mol. The molecule has 3 heterocycles. The number of amides is 1. The van der Waals surface area contributed by atoms with Gasteiger partial charge < -0.3 is 15.2 Å². The summed E-state index contributed by atoms with van der Waals surface area (Å²) >= 11 is 1.27. The Hall–Kier alpha value is -3.53. The topological polar surface area (TPSA) is 78.8 Å². The number of nitrogens with two attached hydrogens (primary N) is 1. The number of imidazole rings is 1. The van der Waals surface area contributed by atoms with E-state index >= 15 is 0 Å². The van der Waals surface area contributed by atoms with Crippen LogP contribution in [0.25, 0.3) is 16.2 Å². The van der Waals surface area contributed by atoms with Gasteiger partial charge >= 0.3 is 6.18 Å². The highest BCUT2D eigenvalue weighted by atomic mass is 32.1. The van der Waals surface area contributed by atoms with Crippen LogP contribution in [0.3, 0.4) is 0 Å². The SMILES string of the molecule is COc1ccc2ncc(-c3cc(OCc4ccccc4C(F)(F)F)c(CC(N)=O)s3)n2c1. The second-order valence-electron chi connectivity index (χ2n) is 6.93. The Bertz CT molecular complexity index is 1280. The second-order valence-corrected chi connectivity index (χ2v) is 8.06. The number of methoxy groups -OCH3 is 1. The quantitative estimate of drug-likeness (QED) is 0.433. The van der Waals surface area contributed by atoms with Crippen LogP contribution in [0.5, 0.6) is 11.5 Å².